The Hall–Kier alpha value is -1.15. The van der Waals surface area contributed by atoms with Gasteiger partial charge in [-0.25, -0.2) is 0 Å². The van der Waals surface area contributed by atoms with E-state index in [2.05, 4.69) is 26.2 Å². The average molecular weight is 234 g/mol. The summed E-state index contributed by atoms with van der Waals surface area (Å²) in [5.41, 5.74) is 1.57. The van der Waals surface area contributed by atoms with E-state index in [1.165, 1.54) is 0 Å². The largest absolute Gasteiger partial charge is 0.393 e. The molecule has 0 radical (unpaired) electrons. The van der Waals surface area contributed by atoms with Crippen molar-refractivity contribution in [3.63, 3.8) is 0 Å². The second-order valence-electron chi connectivity index (χ2n) is 5.21. The van der Waals surface area contributed by atoms with E-state index in [1.807, 2.05) is 6.08 Å². The number of aliphatic hydroxyl groups is 1. The third-order valence-corrected chi connectivity index (χ3v) is 3.64. The molecule has 0 bridgehead atoms. The van der Waals surface area contributed by atoms with Crippen molar-refractivity contribution in [3.05, 3.63) is 36.5 Å². The molecule has 0 saturated heterocycles. The van der Waals surface area contributed by atoms with E-state index in [0.717, 1.165) is 24.7 Å². The molecule has 0 unspecified atom stereocenters. The molecule has 0 aromatic carbocycles. The quantitative estimate of drug-likeness (QED) is 0.451. The minimum atomic E-state index is -0.393. The zero-order valence-electron chi connectivity index (χ0n) is 10.8. The molecular weight excluding hydrogens is 212 g/mol. The zero-order chi connectivity index (χ0) is 13.1. The molecule has 0 saturated carbocycles. The van der Waals surface area contributed by atoms with Crippen LogP contribution < -0.4 is 0 Å². The molecule has 2 heteroatoms. The Bertz CT molecular complexity index is 352. The first kappa shape index (κ1) is 13.9. The summed E-state index contributed by atoms with van der Waals surface area (Å²) in [4.78, 5) is 11.0. The van der Waals surface area contributed by atoms with E-state index in [-0.39, 0.29) is 11.3 Å². The van der Waals surface area contributed by atoms with Crippen LogP contribution in [0.5, 0.6) is 0 Å². The molecule has 2 nitrogen and oxygen atoms in total. The standard InChI is InChI=1S/C15H22O2/c1-5-15(4)8-6-7-13(9-12(3)17)14(15)11(2)10-16/h5,7,10,12,14,17H,1-2,6,8-9H2,3-4H3/t12-,14+,15-/m1/s1. The first-order chi connectivity index (χ1) is 7.94. The van der Waals surface area contributed by atoms with E-state index >= 15 is 0 Å². The van der Waals surface area contributed by atoms with E-state index in [9.17, 15) is 9.90 Å². The summed E-state index contributed by atoms with van der Waals surface area (Å²) in [6, 6.07) is 0. The maximum Gasteiger partial charge on any atom is 0.146 e. The molecule has 1 N–H and O–H groups in total. The number of carbonyl (C=O) groups excluding carboxylic acids is 1. The molecule has 94 valence electrons. The molecule has 0 aromatic heterocycles. The van der Waals surface area contributed by atoms with Crippen molar-refractivity contribution in [1.82, 2.24) is 0 Å². The number of aliphatic hydroxyl groups excluding tert-OH is 1. The van der Waals surface area contributed by atoms with Crippen LogP contribution in [0.15, 0.2) is 36.5 Å². The number of carbonyl (C=O) groups is 1. The lowest BCUT2D eigenvalue weighted by Gasteiger charge is -2.40. The van der Waals surface area contributed by atoms with E-state index in [4.69, 9.17) is 0 Å². The van der Waals surface area contributed by atoms with Crippen molar-refractivity contribution in [3.8, 4) is 0 Å². The fourth-order valence-corrected chi connectivity index (χ4v) is 2.75. The highest BCUT2D eigenvalue weighted by atomic mass is 16.3. The van der Waals surface area contributed by atoms with Gasteiger partial charge in [0, 0.05) is 5.92 Å². The average Bonchev–Trinajstić information content (AvgIpc) is 2.27. The van der Waals surface area contributed by atoms with Gasteiger partial charge in [-0.15, -0.1) is 6.58 Å². The molecule has 3 atom stereocenters. The molecule has 0 spiro atoms. The van der Waals surface area contributed by atoms with Gasteiger partial charge < -0.3 is 5.11 Å². The number of aldehydes is 1. The van der Waals surface area contributed by atoms with Crippen LogP contribution in [-0.2, 0) is 4.79 Å². The number of allylic oxidation sites excluding steroid dienone is 3. The summed E-state index contributed by atoms with van der Waals surface area (Å²) in [6.45, 7) is 11.6. The molecule has 0 heterocycles. The fourth-order valence-electron chi connectivity index (χ4n) is 2.75. The van der Waals surface area contributed by atoms with Crippen LogP contribution in [0.3, 0.4) is 0 Å². The van der Waals surface area contributed by atoms with Gasteiger partial charge in [-0.3, -0.25) is 4.79 Å². The minimum Gasteiger partial charge on any atom is -0.393 e. The fraction of sp³-hybridized carbons (Fsp3) is 0.533. The van der Waals surface area contributed by atoms with E-state index < -0.39 is 6.10 Å². The monoisotopic (exact) mass is 234 g/mol. The molecule has 17 heavy (non-hydrogen) atoms. The maximum atomic E-state index is 11.0. The molecule has 0 aliphatic heterocycles. The molecular formula is C15H22O2. The molecule has 1 rings (SSSR count). The number of hydrogen-bond donors (Lipinski definition) is 1. The van der Waals surface area contributed by atoms with Crippen LogP contribution in [0.4, 0.5) is 0 Å². The van der Waals surface area contributed by atoms with E-state index in [0.29, 0.717) is 12.0 Å². The van der Waals surface area contributed by atoms with Gasteiger partial charge in [0.15, 0.2) is 0 Å². The van der Waals surface area contributed by atoms with Gasteiger partial charge in [0.25, 0.3) is 0 Å². The predicted octanol–water partition coefficient (Wildman–Crippen LogP) is 3.04. The predicted molar refractivity (Wildman–Crippen MR) is 70.6 cm³/mol. The second kappa shape index (κ2) is 5.46. The molecule has 0 amide bonds. The third kappa shape index (κ3) is 2.95. The van der Waals surface area contributed by atoms with Crippen molar-refractivity contribution < 1.29 is 9.90 Å². The van der Waals surface area contributed by atoms with Crippen LogP contribution in [0.25, 0.3) is 0 Å². The van der Waals surface area contributed by atoms with Gasteiger partial charge in [0.1, 0.15) is 6.29 Å². The second-order valence-corrected chi connectivity index (χ2v) is 5.21. The highest BCUT2D eigenvalue weighted by molar-refractivity contribution is 5.74. The zero-order valence-corrected chi connectivity index (χ0v) is 10.8. The van der Waals surface area contributed by atoms with Crippen molar-refractivity contribution in [2.75, 3.05) is 0 Å². The van der Waals surface area contributed by atoms with Gasteiger partial charge in [0.05, 0.1) is 6.10 Å². The molecule has 0 fully saturated rings. The summed E-state index contributed by atoms with van der Waals surface area (Å²) in [5, 5.41) is 9.54. The van der Waals surface area contributed by atoms with Crippen LogP contribution in [-0.4, -0.2) is 17.5 Å². The maximum absolute atomic E-state index is 11.0. The molecule has 1 aliphatic rings. The number of rotatable bonds is 5. The number of hydrogen-bond acceptors (Lipinski definition) is 2. The van der Waals surface area contributed by atoms with Crippen molar-refractivity contribution in [1.29, 1.82) is 0 Å². The van der Waals surface area contributed by atoms with Crippen LogP contribution in [0, 0.1) is 11.3 Å². The van der Waals surface area contributed by atoms with Gasteiger partial charge in [-0.1, -0.05) is 31.2 Å². The van der Waals surface area contributed by atoms with Crippen LogP contribution in [0.1, 0.15) is 33.1 Å². The highest BCUT2D eigenvalue weighted by Crippen LogP contribution is 2.46. The first-order valence-electron chi connectivity index (χ1n) is 6.09. The summed E-state index contributed by atoms with van der Waals surface area (Å²) in [6.07, 6.45) is 7.02. The smallest absolute Gasteiger partial charge is 0.146 e. The Kier molecular flexibility index (Phi) is 4.47. The van der Waals surface area contributed by atoms with Crippen molar-refractivity contribution in [2.45, 2.75) is 39.2 Å². The Morgan fingerprint density at radius 1 is 1.76 bits per heavy atom. The van der Waals surface area contributed by atoms with E-state index in [1.54, 1.807) is 6.92 Å². The summed E-state index contributed by atoms with van der Waals surface area (Å²) >= 11 is 0. The highest BCUT2D eigenvalue weighted by Gasteiger charge is 2.37. The van der Waals surface area contributed by atoms with Crippen molar-refractivity contribution in [2.24, 2.45) is 11.3 Å². The Labute approximate surface area is 104 Å². The summed E-state index contributed by atoms with van der Waals surface area (Å²) in [5.74, 6) is -0.0131. The van der Waals surface area contributed by atoms with Crippen LogP contribution >= 0.6 is 0 Å². The van der Waals surface area contributed by atoms with Gasteiger partial charge >= 0.3 is 0 Å². The lowest BCUT2D eigenvalue weighted by molar-refractivity contribution is -0.105. The minimum absolute atomic E-state index is 0.0131. The SMILES string of the molecule is C=C[C@]1(C)CCC=C(C[C@@H](C)O)[C@@H]1C(=C)C=O. The lowest BCUT2D eigenvalue weighted by Crippen LogP contribution is -2.32. The Morgan fingerprint density at radius 2 is 2.41 bits per heavy atom. The molecule has 1 aliphatic carbocycles. The molecule has 0 aromatic rings. The summed E-state index contributed by atoms with van der Waals surface area (Å²) in [7, 11) is 0. The lowest BCUT2D eigenvalue weighted by atomic mass is 9.64. The van der Waals surface area contributed by atoms with Crippen LogP contribution in [0.2, 0.25) is 0 Å². The third-order valence-electron chi connectivity index (χ3n) is 3.64. The first-order valence-corrected chi connectivity index (χ1v) is 6.09. The van der Waals surface area contributed by atoms with Gasteiger partial charge in [-0.2, -0.15) is 0 Å². The van der Waals surface area contributed by atoms with Gasteiger partial charge in [-0.05, 0) is 37.2 Å². The Balaban J connectivity index is 3.10. The van der Waals surface area contributed by atoms with Gasteiger partial charge in [0.2, 0.25) is 0 Å². The normalized spacial score (nSPS) is 30.3. The Morgan fingerprint density at radius 3 is 2.88 bits per heavy atom. The summed E-state index contributed by atoms with van der Waals surface area (Å²) < 4.78 is 0. The topological polar surface area (TPSA) is 37.3 Å². The van der Waals surface area contributed by atoms with Crippen molar-refractivity contribution >= 4 is 6.29 Å².